The van der Waals surface area contributed by atoms with Crippen molar-refractivity contribution in [1.82, 2.24) is 10.2 Å². The normalized spacial score (nSPS) is 15.9. The second-order valence-electron chi connectivity index (χ2n) is 3.91. The van der Waals surface area contributed by atoms with Gasteiger partial charge in [-0.3, -0.25) is 0 Å². The molecular formula is C11H26N2O. The fraction of sp³-hybridized carbons (Fsp3) is 1.00. The van der Waals surface area contributed by atoms with Crippen molar-refractivity contribution in [2.75, 3.05) is 33.9 Å². The van der Waals surface area contributed by atoms with Crippen molar-refractivity contribution in [2.24, 2.45) is 0 Å². The van der Waals surface area contributed by atoms with Gasteiger partial charge < -0.3 is 15.0 Å². The predicted molar refractivity (Wildman–Crippen MR) is 61.7 cm³/mol. The highest BCUT2D eigenvalue weighted by Crippen LogP contribution is 2.02. The maximum absolute atomic E-state index is 5.04. The number of ether oxygens (including phenoxy) is 1. The summed E-state index contributed by atoms with van der Waals surface area (Å²) in [7, 11) is 3.93. The lowest BCUT2D eigenvalue weighted by Gasteiger charge is -2.30. The Morgan fingerprint density at radius 3 is 2.50 bits per heavy atom. The lowest BCUT2D eigenvalue weighted by atomic mass is 10.1. The van der Waals surface area contributed by atoms with Crippen LogP contribution in [-0.4, -0.2) is 50.8 Å². The van der Waals surface area contributed by atoms with E-state index in [1.807, 2.05) is 0 Å². The van der Waals surface area contributed by atoms with Crippen molar-refractivity contribution in [1.29, 1.82) is 0 Å². The van der Waals surface area contributed by atoms with Gasteiger partial charge >= 0.3 is 0 Å². The van der Waals surface area contributed by atoms with Crippen LogP contribution in [0.3, 0.4) is 0 Å². The van der Waals surface area contributed by atoms with E-state index in [9.17, 15) is 0 Å². The number of methoxy groups -OCH3 is 1. The molecule has 0 amide bonds. The first-order valence-electron chi connectivity index (χ1n) is 5.56. The molecule has 0 fully saturated rings. The van der Waals surface area contributed by atoms with E-state index < -0.39 is 0 Å². The smallest absolute Gasteiger partial charge is 0.0474 e. The average Bonchev–Trinajstić information content (AvgIpc) is 2.17. The second kappa shape index (κ2) is 8.21. The molecule has 1 N–H and O–H groups in total. The molecule has 86 valence electrons. The molecule has 0 heterocycles. The van der Waals surface area contributed by atoms with Gasteiger partial charge in [0.2, 0.25) is 0 Å². The van der Waals surface area contributed by atoms with Crippen LogP contribution in [0.1, 0.15) is 27.2 Å². The molecule has 0 radical (unpaired) electrons. The lowest BCUT2D eigenvalue weighted by molar-refractivity contribution is 0.158. The second-order valence-corrected chi connectivity index (χ2v) is 3.91. The summed E-state index contributed by atoms with van der Waals surface area (Å²) in [4.78, 5) is 2.38. The highest BCUT2D eigenvalue weighted by atomic mass is 16.5. The number of nitrogens with one attached hydrogen (secondary N) is 1. The minimum atomic E-state index is 0.549. The third-order valence-corrected chi connectivity index (χ3v) is 2.80. The standard InChI is InChI=1S/C11H26N2O/c1-6-12-10(2)11(3)13(4)8-7-9-14-5/h10-12H,6-9H2,1-5H3. The first-order chi connectivity index (χ1) is 6.63. The van der Waals surface area contributed by atoms with E-state index in [0.29, 0.717) is 12.1 Å². The van der Waals surface area contributed by atoms with Crippen LogP contribution in [-0.2, 0) is 4.74 Å². The molecule has 0 aliphatic carbocycles. The largest absolute Gasteiger partial charge is 0.385 e. The van der Waals surface area contributed by atoms with Crippen molar-refractivity contribution < 1.29 is 4.74 Å². The third-order valence-electron chi connectivity index (χ3n) is 2.80. The van der Waals surface area contributed by atoms with E-state index >= 15 is 0 Å². The fourth-order valence-electron chi connectivity index (χ4n) is 1.54. The maximum Gasteiger partial charge on any atom is 0.0474 e. The van der Waals surface area contributed by atoms with E-state index in [2.05, 4.69) is 38.0 Å². The number of hydrogen-bond acceptors (Lipinski definition) is 3. The Balaban J connectivity index is 3.68. The summed E-state index contributed by atoms with van der Waals surface area (Å²) in [6, 6.07) is 1.12. The van der Waals surface area contributed by atoms with Crippen molar-refractivity contribution in [3.05, 3.63) is 0 Å². The number of rotatable bonds is 8. The average molecular weight is 202 g/mol. The van der Waals surface area contributed by atoms with Gasteiger partial charge in [-0.25, -0.2) is 0 Å². The molecule has 0 rings (SSSR count). The fourth-order valence-corrected chi connectivity index (χ4v) is 1.54. The highest BCUT2D eigenvalue weighted by Gasteiger charge is 2.14. The summed E-state index contributed by atoms with van der Waals surface area (Å²) in [6.45, 7) is 9.64. The predicted octanol–water partition coefficient (Wildman–Crippen LogP) is 1.34. The summed E-state index contributed by atoms with van der Waals surface area (Å²) in [6.07, 6.45) is 1.11. The number of hydrogen-bond donors (Lipinski definition) is 1. The van der Waals surface area contributed by atoms with E-state index in [4.69, 9.17) is 4.74 Å². The van der Waals surface area contributed by atoms with Gasteiger partial charge in [0.15, 0.2) is 0 Å². The summed E-state index contributed by atoms with van der Waals surface area (Å²) in [5, 5.41) is 3.44. The Labute approximate surface area is 88.8 Å². The summed E-state index contributed by atoms with van der Waals surface area (Å²) < 4.78 is 5.04. The molecule has 0 aliphatic heterocycles. The van der Waals surface area contributed by atoms with Crippen LogP contribution >= 0.6 is 0 Å². The number of likely N-dealkylation sites (N-methyl/N-ethyl adjacent to an activating group) is 2. The molecule has 2 unspecified atom stereocenters. The molecule has 0 bridgehead atoms. The topological polar surface area (TPSA) is 24.5 Å². The molecule has 3 nitrogen and oxygen atoms in total. The Kier molecular flexibility index (Phi) is 8.14. The van der Waals surface area contributed by atoms with Crippen molar-refractivity contribution in [2.45, 2.75) is 39.3 Å². The Hall–Kier alpha value is -0.120. The van der Waals surface area contributed by atoms with Gasteiger partial charge in [0.25, 0.3) is 0 Å². The molecule has 0 aromatic heterocycles. The molecule has 3 heteroatoms. The van der Waals surface area contributed by atoms with Crippen molar-refractivity contribution in [3.8, 4) is 0 Å². The zero-order valence-electron chi connectivity index (χ0n) is 10.3. The Morgan fingerprint density at radius 2 is 2.00 bits per heavy atom. The maximum atomic E-state index is 5.04. The third kappa shape index (κ3) is 5.58. The van der Waals surface area contributed by atoms with E-state index in [0.717, 1.165) is 26.1 Å². The summed E-state index contributed by atoms with van der Waals surface area (Å²) in [5.74, 6) is 0. The van der Waals surface area contributed by atoms with Crippen LogP contribution in [0, 0.1) is 0 Å². The molecule has 0 saturated carbocycles. The lowest BCUT2D eigenvalue weighted by Crippen LogP contribution is -2.45. The zero-order valence-corrected chi connectivity index (χ0v) is 10.3. The Morgan fingerprint density at radius 1 is 1.36 bits per heavy atom. The van der Waals surface area contributed by atoms with Gasteiger partial charge in [0.1, 0.15) is 0 Å². The van der Waals surface area contributed by atoms with Gasteiger partial charge in [-0.15, -0.1) is 0 Å². The molecule has 0 saturated heterocycles. The first kappa shape index (κ1) is 13.9. The molecule has 0 aliphatic rings. The Bertz CT molecular complexity index is 130. The molecular weight excluding hydrogens is 176 g/mol. The van der Waals surface area contributed by atoms with Gasteiger partial charge in [0.05, 0.1) is 0 Å². The minimum Gasteiger partial charge on any atom is -0.385 e. The molecule has 0 aromatic carbocycles. The van der Waals surface area contributed by atoms with Crippen LogP contribution in [0.4, 0.5) is 0 Å². The molecule has 14 heavy (non-hydrogen) atoms. The number of nitrogens with zero attached hydrogens (tertiary/aromatic N) is 1. The first-order valence-corrected chi connectivity index (χ1v) is 5.56. The highest BCUT2D eigenvalue weighted by molar-refractivity contribution is 4.75. The van der Waals surface area contributed by atoms with Crippen molar-refractivity contribution in [3.63, 3.8) is 0 Å². The van der Waals surface area contributed by atoms with Crippen LogP contribution in [0.5, 0.6) is 0 Å². The van der Waals surface area contributed by atoms with Crippen LogP contribution in [0.25, 0.3) is 0 Å². The van der Waals surface area contributed by atoms with E-state index in [-0.39, 0.29) is 0 Å². The SMILES string of the molecule is CCNC(C)C(C)N(C)CCCOC. The van der Waals surface area contributed by atoms with Gasteiger partial charge in [-0.05, 0) is 33.9 Å². The zero-order chi connectivity index (χ0) is 11.0. The van der Waals surface area contributed by atoms with E-state index in [1.165, 1.54) is 0 Å². The minimum absolute atomic E-state index is 0.549. The van der Waals surface area contributed by atoms with Crippen LogP contribution in [0.15, 0.2) is 0 Å². The van der Waals surface area contributed by atoms with Crippen LogP contribution < -0.4 is 5.32 Å². The summed E-state index contributed by atoms with van der Waals surface area (Å²) in [5.41, 5.74) is 0. The van der Waals surface area contributed by atoms with Crippen molar-refractivity contribution >= 4 is 0 Å². The van der Waals surface area contributed by atoms with Gasteiger partial charge in [-0.1, -0.05) is 6.92 Å². The quantitative estimate of drug-likeness (QED) is 0.601. The van der Waals surface area contributed by atoms with Gasteiger partial charge in [-0.2, -0.15) is 0 Å². The summed E-state index contributed by atoms with van der Waals surface area (Å²) >= 11 is 0. The van der Waals surface area contributed by atoms with E-state index in [1.54, 1.807) is 7.11 Å². The van der Waals surface area contributed by atoms with Crippen LogP contribution in [0.2, 0.25) is 0 Å². The molecule has 0 aromatic rings. The van der Waals surface area contributed by atoms with Gasteiger partial charge in [0, 0.05) is 32.3 Å². The monoisotopic (exact) mass is 202 g/mol. The molecule has 2 atom stereocenters. The molecule has 0 spiro atoms.